The molecule has 25 heavy (non-hydrogen) atoms. The summed E-state index contributed by atoms with van der Waals surface area (Å²) in [5.74, 6) is -0.866. The van der Waals surface area contributed by atoms with E-state index >= 15 is 0 Å². The lowest BCUT2D eigenvalue weighted by molar-refractivity contribution is -0.136. The van der Waals surface area contributed by atoms with E-state index < -0.39 is 11.2 Å². The number of hydrogen-bond acceptors (Lipinski definition) is 3. The third-order valence-corrected chi connectivity index (χ3v) is 5.37. The summed E-state index contributed by atoms with van der Waals surface area (Å²) < 4.78 is 0. The Morgan fingerprint density at radius 2 is 1.40 bits per heavy atom. The normalized spacial score (nSPS) is 12.3. The minimum absolute atomic E-state index is 0.696. The Balaban J connectivity index is 1.89. The number of carboxylic acid groups (broad SMARTS) is 1. The van der Waals surface area contributed by atoms with Gasteiger partial charge in [0.15, 0.2) is 0 Å². The predicted molar refractivity (Wildman–Crippen MR) is 102 cm³/mol. The van der Waals surface area contributed by atoms with Crippen molar-refractivity contribution in [2.75, 3.05) is 0 Å². The molecule has 3 aromatic carbocycles. The predicted octanol–water partition coefficient (Wildman–Crippen LogP) is 5.31. The zero-order valence-corrected chi connectivity index (χ0v) is 14.1. The van der Waals surface area contributed by atoms with Crippen LogP contribution in [-0.4, -0.2) is 16.1 Å². The van der Waals surface area contributed by atoms with E-state index in [4.69, 9.17) is 4.98 Å². The lowest BCUT2D eigenvalue weighted by Crippen LogP contribution is -2.08. The zero-order valence-electron chi connectivity index (χ0n) is 13.3. The third kappa shape index (κ3) is 2.96. The van der Waals surface area contributed by atoms with Gasteiger partial charge in [-0.25, -0.2) is 4.98 Å². The number of hydrogen-bond donors (Lipinski definition) is 1. The number of aromatic nitrogens is 1. The number of nitrogens with zero attached hydrogens (tertiary/aromatic N) is 1. The molecule has 1 aromatic heterocycles. The average Bonchev–Trinajstić information content (AvgIpc) is 2.66. The van der Waals surface area contributed by atoms with E-state index in [9.17, 15) is 9.90 Å². The van der Waals surface area contributed by atoms with Gasteiger partial charge in [-0.05, 0) is 17.0 Å². The van der Waals surface area contributed by atoms with Crippen molar-refractivity contribution < 1.29 is 9.90 Å². The topological polar surface area (TPSA) is 50.2 Å². The fourth-order valence-corrected chi connectivity index (χ4v) is 4.04. The molecule has 4 aromatic rings. The second-order valence-electron chi connectivity index (χ2n) is 5.73. The first-order valence-corrected chi connectivity index (χ1v) is 8.84. The molecule has 0 aliphatic heterocycles. The molecule has 0 aliphatic carbocycles. The van der Waals surface area contributed by atoms with Crippen LogP contribution in [0.1, 0.15) is 10.8 Å². The highest BCUT2D eigenvalue weighted by molar-refractivity contribution is 8.00. The number of carbonyl (C=O) groups is 1. The van der Waals surface area contributed by atoms with Gasteiger partial charge in [-0.15, -0.1) is 0 Å². The molecule has 1 heterocycles. The average molecular weight is 345 g/mol. The van der Waals surface area contributed by atoms with Gasteiger partial charge in [0.1, 0.15) is 10.3 Å². The maximum Gasteiger partial charge on any atom is 0.321 e. The highest BCUT2D eigenvalue weighted by Crippen LogP contribution is 2.39. The number of aliphatic carboxylic acids is 1. The Labute approximate surface area is 149 Å². The third-order valence-electron chi connectivity index (χ3n) is 4.13. The van der Waals surface area contributed by atoms with Crippen LogP contribution >= 0.6 is 11.8 Å². The van der Waals surface area contributed by atoms with Gasteiger partial charge in [-0.1, -0.05) is 84.6 Å². The molecule has 0 fully saturated rings. The van der Waals surface area contributed by atoms with Gasteiger partial charge in [0.05, 0.1) is 5.52 Å². The van der Waals surface area contributed by atoms with Crippen molar-refractivity contribution in [1.82, 2.24) is 4.98 Å². The SMILES string of the molecule is O=C(O)[C@H](Sc1nc2ccccc2c2ccccc12)c1ccccc1. The zero-order chi connectivity index (χ0) is 17.2. The molecule has 0 radical (unpaired) electrons. The number of para-hydroxylation sites is 1. The fourth-order valence-electron chi connectivity index (χ4n) is 2.96. The Morgan fingerprint density at radius 1 is 0.800 bits per heavy atom. The number of rotatable bonds is 4. The van der Waals surface area contributed by atoms with Crippen molar-refractivity contribution in [2.24, 2.45) is 0 Å². The van der Waals surface area contributed by atoms with E-state index in [2.05, 4.69) is 6.07 Å². The van der Waals surface area contributed by atoms with Crippen LogP contribution < -0.4 is 0 Å². The molecule has 0 unspecified atom stereocenters. The van der Waals surface area contributed by atoms with Gasteiger partial charge in [0.25, 0.3) is 0 Å². The first-order chi connectivity index (χ1) is 12.2. The first-order valence-electron chi connectivity index (χ1n) is 7.96. The molecular formula is C21H15NO2S. The van der Waals surface area contributed by atoms with E-state index in [0.29, 0.717) is 0 Å². The Kier molecular flexibility index (Phi) is 4.12. The molecule has 0 saturated carbocycles. The van der Waals surface area contributed by atoms with E-state index in [0.717, 1.165) is 32.3 Å². The lowest BCUT2D eigenvalue weighted by atomic mass is 10.1. The number of fused-ring (bicyclic) bond motifs is 3. The molecule has 1 atom stereocenters. The van der Waals surface area contributed by atoms with Crippen molar-refractivity contribution >= 4 is 39.4 Å². The Hall–Kier alpha value is -2.85. The summed E-state index contributed by atoms with van der Waals surface area (Å²) in [6.07, 6.45) is 0. The van der Waals surface area contributed by atoms with Crippen molar-refractivity contribution in [1.29, 1.82) is 0 Å². The minimum atomic E-state index is -0.866. The Morgan fingerprint density at radius 3 is 2.12 bits per heavy atom. The van der Waals surface area contributed by atoms with Crippen molar-refractivity contribution in [3.8, 4) is 0 Å². The summed E-state index contributed by atoms with van der Waals surface area (Å²) in [5, 5.41) is 12.9. The van der Waals surface area contributed by atoms with Gasteiger partial charge in [-0.3, -0.25) is 4.79 Å². The van der Waals surface area contributed by atoms with Gasteiger partial charge in [-0.2, -0.15) is 0 Å². The van der Waals surface area contributed by atoms with Crippen molar-refractivity contribution in [2.45, 2.75) is 10.3 Å². The summed E-state index contributed by atoms with van der Waals surface area (Å²) in [4.78, 5) is 16.6. The van der Waals surface area contributed by atoms with Crippen LogP contribution in [0, 0.1) is 0 Å². The molecule has 0 bridgehead atoms. The number of thioether (sulfide) groups is 1. The van der Waals surface area contributed by atoms with Crippen molar-refractivity contribution in [3.63, 3.8) is 0 Å². The summed E-state index contributed by atoms with van der Waals surface area (Å²) in [5.41, 5.74) is 1.64. The summed E-state index contributed by atoms with van der Waals surface area (Å²) >= 11 is 1.28. The minimum Gasteiger partial charge on any atom is -0.480 e. The number of pyridine rings is 1. The Bertz CT molecular complexity index is 1060. The second kappa shape index (κ2) is 6.57. The summed E-state index contributed by atoms with van der Waals surface area (Å²) in [7, 11) is 0. The lowest BCUT2D eigenvalue weighted by Gasteiger charge is -2.14. The van der Waals surface area contributed by atoms with Crippen LogP contribution in [-0.2, 0) is 4.79 Å². The largest absolute Gasteiger partial charge is 0.480 e. The quantitative estimate of drug-likeness (QED) is 0.402. The molecule has 0 amide bonds. The maximum absolute atomic E-state index is 11.9. The summed E-state index contributed by atoms with van der Waals surface area (Å²) in [6.45, 7) is 0. The van der Waals surface area contributed by atoms with Crippen LogP contribution in [0.15, 0.2) is 83.9 Å². The van der Waals surface area contributed by atoms with Gasteiger partial charge < -0.3 is 5.11 Å². The smallest absolute Gasteiger partial charge is 0.321 e. The van der Waals surface area contributed by atoms with Gasteiger partial charge in [0, 0.05) is 10.8 Å². The number of benzene rings is 3. The molecule has 0 spiro atoms. The van der Waals surface area contributed by atoms with E-state index in [-0.39, 0.29) is 0 Å². The van der Waals surface area contributed by atoms with Gasteiger partial charge in [0.2, 0.25) is 0 Å². The summed E-state index contributed by atoms with van der Waals surface area (Å²) in [6, 6.07) is 25.3. The van der Waals surface area contributed by atoms with E-state index in [1.54, 1.807) is 0 Å². The van der Waals surface area contributed by atoms with Gasteiger partial charge >= 0.3 is 5.97 Å². The molecule has 3 nitrogen and oxygen atoms in total. The second-order valence-corrected chi connectivity index (χ2v) is 6.82. The first kappa shape index (κ1) is 15.7. The molecule has 0 saturated heterocycles. The standard InChI is InChI=1S/C21H15NO2S/c23-21(24)19(14-8-2-1-3-9-14)25-20-17-12-5-4-10-15(17)16-11-6-7-13-18(16)22-20/h1-13,19H,(H,23,24)/t19-/m1/s1. The monoisotopic (exact) mass is 345 g/mol. The van der Waals surface area contributed by atoms with Crippen LogP contribution in [0.3, 0.4) is 0 Å². The van der Waals surface area contributed by atoms with Crippen LogP contribution in [0.5, 0.6) is 0 Å². The molecular weight excluding hydrogens is 330 g/mol. The highest BCUT2D eigenvalue weighted by Gasteiger charge is 2.23. The van der Waals surface area contributed by atoms with E-state index in [1.807, 2.05) is 72.8 Å². The molecule has 0 aliphatic rings. The highest BCUT2D eigenvalue weighted by atomic mass is 32.2. The molecule has 4 rings (SSSR count). The number of carboxylic acids is 1. The van der Waals surface area contributed by atoms with Crippen LogP contribution in [0.25, 0.3) is 21.7 Å². The van der Waals surface area contributed by atoms with Crippen LogP contribution in [0.4, 0.5) is 0 Å². The maximum atomic E-state index is 11.9. The molecule has 1 N–H and O–H groups in total. The fraction of sp³-hybridized carbons (Fsp3) is 0.0476. The van der Waals surface area contributed by atoms with Crippen molar-refractivity contribution in [3.05, 3.63) is 84.4 Å². The van der Waals surface area contributed by atoms with Crippen LogP contribution in [0.2, 0.25) is 0 Å². The molecule has 122 valence electrons. The van der Waals surface area contributed by atoms with E-state index in [1.165, 1.54) is 11.8 Å². The molecule has 4 heteroatoms.